The van der Waals surface area contributed by atoms with Gasteiger partial charge < -0.3 is 44.2 Å². The molecule has 0 bridgehead atoms. The Morgan fingerprint density at radius 3 is 2.51 bits per heavy atom. The smallest absolute Gasteiger partial charge is 0.412 e. The Bertz CT molecular complexity index is 1370. The van der Waals surface area contributed by atoms with Gasteiger partial charge in [0.15, 0.2) is 0 Å². The maximum atomic E-state index is 13.2. The van der Waals surface area contributed by atoms with Crippen molar-refractivity contribution in [2.45, 2.75) is 96.0 Å². The van der Waals surface area contributed by atoms with Gasteiger partial charge in [0.2, 0.25) is 5.79 Å². The minimum Gasteiger partial charge on any atom is -0.459 e. The number of aliphatic hydroxyl groups excluding tert-OH is 2. The number of aliphatic hydroxyl groups is 2. The predicted molar refractivity (Wildman–Crippen MR) is 186 cm³/mol. The van der Waals surface area contributed by atoms with Crippen molar-refractivity contribution in [3.05, 3.63) is 48.1 Å². The first-order valence-corrected chi connectivity index (χ1v) is 17.5. The number of allylic oxidation sites excluding steroid dienone is 1. The molecule has 12 heteroatoms. The van der Waals surface area contributed by atoms with E-state index in [0.717, 1.165) is 36.8 Å². The van der Waals surface area contributed by atoms with Crippen molar-refractivity contribution < 1.29 is 43.6 Å². The number of nitrogens with one attached hydrogen (secondary N) is 1. The third kappa shape index (κ3) is 8.59. The van der Waals surface area contributed by atoms with Gasteiger partial charge in [0.1, 0.15) is 23.1 Å². The number of carbonyl (C=O) groups excluding carboxylic acids is 2. The van der Waals surface area contributed by atoms with Gasteiger partial charge in [-0.3, -0.25) is 0 Å². The molecule has 272 valence electrons. The van der Waals surface area contributed by atoms with Crippen LogP contribution in [0.3, 0.4) is 0 Å². The van der Waals surface area contributed by atoms with Crippen LogP contribution >= 0.6 is 0 Å². The quantitative estimate of drug-likeness (QED) is 0.116. The average Bonchev–Trinajstić information content (AvgIpc) is 3.07. The van der Waals surface area contributed by atoms with Crippen LogP contribution in [0, 0.1) is 17.8 Å². The summed E-state index contributed by atoms with van der Waals surface area (Å²) in [4.78, 5) is 33.3. The van der Waals surface area contributed by atoms with Crippen LogP contribution in [0.5, 0.6) is 11.5 Å². The Kier molecular flexibility index (Phi) is 13.1. The number of oxime groups is 1. The Morgan fingerprint density at radius 1 is 1.16 bits per heavy atom. The van der Waals surface area contributed by atoms with Crippen molar-refractivity contribution in [2.75, 3.05) is 40.5 Å². The molecule has 0 radical (unpaired) electrons. The summed E-state index contributed by atoms with van der Waals surface area (Å²) in [6, 6.07) is 4.68. The zero-order valence-electron chi connectivity index (χ0n) is 29.9. The summed E-state index contributed by atoms with van der Waals surface area (Å²) in [6.45, 7) is 12.3. The van der Waals surface area contributed by atoms with E-state index >= 15 is 0 Å². The van der Waals surface area contributed by atoms with Crippen LogP contribution in [0.4, 0.5) is 9.59 Å². The minimum absolute atomic E-state index is 0.0417. The molecule has 1 fully saturated rings. The molecule has 0 spiro atoms. The predicted octanol–water partition coefficient (Wildman–Crippen LogP) is 5.93. The van der Waals surface area contributed by atoms with Crippen molar-refractivity contribution in [2.24, 2.45) is 22.9 Å². The zero-order valence-corrected chi connectivity index (χ0v) is 29.9. The number of unbranched alkanes of at least 4 members (excludes halogenated alkanes) is 2. The third-order valence-corrected chi connectivity index (χ3v) is 9.54. The lowest BCUT2D eigenvalue weighted by atomic mass is 9.55. The van der Waals surface area contributed by atoms with Gasteiger partial charge in [0.25, 0.3) is 0 Å². The second-order valence-electron chi connectivity index (χ2n) is 14.0. The molecule has 12 nitrogen and oxygen atoms in total. The summed E-state index contributed by atoms with van der Waals surface area (Å²) < 4.78 is 24.7. The lowest BCUT2D eigenvalue weighted by Crippen LogP contribution is -2.69. The average molecular weight is 686 g/mol. The van der Waals surface area contributed by atoms with Gasteiger partial charge in [-0.15, -0.1) is 6.58 Å². The fourth-order valence-corrected chi connectivity index (χ4v) is 7.54. The van der Waals surface area contributed by atoms with Crippen LogP contribution in [0.1, 0.15) is 84.1 Å². The molecule has 1 heterocycles. The molecule has 1 saturated carbocycles. The molecule has 1 aliphatic heterocycles. The molecule has 49 heavy (non-hydrogen) atoms. The normalized spacial score (nSPS) is 26.4. The number of likely N-dealkylation sites (N-methyl/N-ethyl adjacent to an activating group) is 1. The van der Waals surface area contributed by atoms with Crippen LogP contribution in [-0.2, 0) is 14.3 Å². The van der Waals surface area contributed by atoms with E-state index in [1.54, 1.807) is 25.3 Å². The molecule has 3 N–H and O–H groups in total. The second kappa shape index (κ2) is 16.9. The summed E-state index contributed by atoms with van der Waals surface area (Å²) in [7, 11) is 3.01. The number of ether oxygens (including phenoxy) is 4. The molecule has 3 aliphatic rings. The number of amides is 2. The highest BCUT2D eigenvalue weighted by molar-refractivity contribution is 6.03. The van der Waals surface area contributed by atoms with E-state index in [0.29, 0.717) is 36.6 Å². The third-order valence-electron chi connectivity index (χ3n) is 9.54. The fourth-order valence-electron chi connectivity index (χ4n) is 7.54. The first-order valence-electron chi connectivity index (χ1n) is 17.5. The van der Waals surface area contributed by atoms with Crippen LogP contribution in [0.15, 0.2) is 47.7 Å². The Hall–Kier alpha value is -3.61. The summed E-state index contributed by atoms with van der Waals surface area (Å²) >= 11 is 0. The molecule has 0 unspecified atom stereocenters. The first-order chi connectivity index (χ1) is 23.4. The van der Waals surface area contributed by atoms with Crippen molar-refractivity contribution in [3.63, 3.8) is 0 Å². The molecule has 4 rings (SSSR count). The van der Waals surface area contributed by atoms with E-state index < -0.39 is 35.5 Å². The first kappa shape index (κ1) is 38.2. The molecule has 1 aromatic carbocycles. The molecule has 2 amide bonds. The summed E-state index contributed by atoms with van der Waals surface area (Å²) in [5.41, 5.74) is 1.88. The van der Waals surface area contributed by atoms with Crippen LogP contribution < -0.4 is 14.8 Å². The monoisotopic (exact) mass is 685 g/mol. The molecule has 0 aromatic heterocycles. The SMILES string of the molecule is C=CCO[C@@]12Oc3ccc(OC(=O)NCC)cc3[C@H]3[C@H](CCCCO)[C@@H](CCCCO)C=C(C(=NOC(C)(C)C)C[C@@H]1N(C)C(=O)OC)[C@H]32. The van der Waals surface area contributed by atoms with Gasteiger partial charge in [-0.1, -0.05) is 30.1 Å². The highest BCUT2D eigenvalue weighted by atomic mass is 16.7. The summed E-state index contributed by atoms with van der Waals surface area (Å²) in [5.74, 6) is -1.04. The number of benzene rings is 1. The van der Waals surface area contributed by atoms with Gasteiger partial charge in [-0.05, 0) is 89.0 Å². The lowest BCUT2D eigenvalue weighted by Gasteiger charge is -2.59. The van der Waals surface area contributed by atoms with Crippen molar-refractivity contribution in [3.8, 4) is 11.5 Å². The number of nitrogens with zero attached hydrogens (tertiary/aromatic N) is 2. The lowest BCUT2D eigenvalue weighted by molar-refractivity contribution is -0.253. The highest BCUT2D eigenvalue weighted by Gasteiger charge is 2.65. The largest absolute Gasteiger partial charge is 0.459 e. The van der Waals surface area contributed by atoms with Gasteiger partial charge in [0, 0.05) is 44.7 Å². The van der Waals surface area contributed by atoms with E-state index in [9.17, 15) is 19.8 Å². The van der Waals surface area contributed by atoms with E-state index in [-0.39, 0.29) is 44.0 Å². The fraction of sp³-hybridized carbons (Fsp3) is 0.649. The zero-order chi connectivity index (χ0) is 35.8. The molecular weight excluding hydrogens is 630 g/mol. The van der Waals surface area contributed by atoms with E-state index in [1.807, 2.05) is 33.8 Å². The van der Waals surface area contributed by atoms with Crippen molar-refractivity contribution in [1.29, 1.82) is 0 Å². The molecule has 0 saturated heterocycles. The van der Waals surface area contributed by atoms with Gasteiger partial charge in [-0.2, -0.15) is 0 Å². The van der Waals surface area contributed by atoms with Gasteiger partial charge in [0.05, 0.1) is 25.3 Å². The standard InChI is InChI=1S/C37H55N3O9/c1-8-20-46-37-31(40(6)35(44)45-7)23-29(39-49-36(3,4)5)27-21-24(14-10-12-18-41)26(15-11-13-19-42)32(33(27)37)28-22-25(16-17-30(28)48-37)47-34(43)38-9-2/h8,16-17,21-22,24,26,31-33,41-42H,1,9-15,18-20,23H2,2-7H3,(H,38,43)/t24-,26+,31-,32+,33+,37+/m0/s1. The number of carbonyl (C=O) groups is 2. The Balaban J connectivity index is 2.03. The van der Waals surface area contributed by atoms with E-state index in [2.05, 4.69) is 18.0 Å². The highest BCUT2D eigenvalue weighted by Crippen LogP contribution is 2.61. The topological polar surface area (TPSA) is 148 Å². The Morgan fingerprint density at radius 2 is 1.88 bits per heavy atom. The minimum atomic E-state index is -1.38. The molecular formula is C37H55N3O9. The maximum Gasteiger partial charge on any atom is 0.412 e. The van der Waals surface area contributed by atoms with Crippen LogP contribution in [0.2, 0.25) is 0 Å². The number of rotatable bonds is 15. The molecule has 6 atom stereocenters. The van der Waals surface area contributed by atoms with Gasteiger partial charge in [-0.25, -0.2) is 9.59 Å². The number of hydrogen-bond donors (Lipinski definition) is 3. The van der Waals surface area contributed by atoms with Gasteiger partial charge >= 0.3 is 12.2 Å². The van der Waals surface area contributed by atoms with Crippen molar-refractivity contribution >= 4 is 17.9 Å². The van der Waals surface area contributed by atoms with E-state index in [1.165, 1.54) is 12.0 Å². The van der Waals surface area contributed by atoms with E-state index in [4.69, 9.17) is 28.9 Å². The summed E-state index contributed by atoms with van der Waals surface area (Å²) in [5, 5.41) is 26.9. The second-order valence-corrected chi connectivity index (χ2v) is 14.0. The Labute approximate surface area is 290 Å². The van der Waals surface area contributed by atoms with Crippen LogP contribution in [-0.4, -0.2) is 91.0 Å². The van der Waals surface area contributed by atoms with Crippen molar-refractivity contribution in [1.82, 2.24) is 10.2 Å². The summed E-state index contributed by atoms with van der Waals surface area (Å²) in [6.07, 6.45) is 7.63. The maximum absolute atomic E-state index is 13.2. The van der Waals surface area contributed by atoms with Crippen LogP contribution in [0.25, 0.3) is 0 Å². The number of hydrogen-bond acceptors (Lipinski definition) is 10. The molecule has 2 aliphatic carbocycles. The number of methoxy groups -OCH3 is 1. The number of fused-ring (bicyclic) bond motifs is 2. The molecule has 1 aromatic rings.